The fraction of sp³-hybridized carbons (Fsp3) is 0.500. The zero-order valence-electron chi connectivity index (χ0n) is 12.4. The standard InChI is InChI=1S/C16H21N3O2/c1-2-10-19-14(8-9-17-19)16(20)18-11-4-3-6-13(18)15-7-5-12-21-15/h5,7-9,12-13H,2-4,6,10-11H2,1H3/t13-/m0/s1. The highest BCUT2D eigenvalue weighted by Gasteiger charge is 2.31. The number of hydrogen-bond donors (Lipinski definition) is 0. The lowest BCUT2D eigenvalue weighted by Gasteiger charge is -2.34. The first-order valence-corrected chi connectivity index (χ1v) is 7.67. The zero-order chi connectivity index (χ0) is 14.7. The highest BCUT2D eigenvalue weighted by Crippen LogP contribution is 2.32. The number of aromatic nitrogens is 2. The Morgan fingerprint density at radius 2 is 2.33 bits per heavy atom. The Hall–Kier alpha value is -2.04. The third-order valence-corrected chi connectivity index (χ3v) is 4.01. The van der Waals surface area contributed by atoms with Crippen molar-refractivity contribution in [3.8, 4) is 0 Å². The summed E-state index contributed by atoms with van der Waals surface area (Å²) in [7, 11) is 0. The number of aryl methyl sites for hydroxylation is 1. The Kier molecular flexibility index (Phi) is 4.08. The molecule has 0 spiro atoms. The topological polar surface area (TPSA) is 51.3 Å². The Bertz CT molecular complexity index is 588. The predicted octanol–water partition coefficient (Wildman–Crippen LogP) is 3.25. The van der Waals surface area contributed by atoms with E-state index in [0.29, 0.717) is 5.69 Å². The Morgan fingerprint density at radius 1 is 1.43 bits per heavy atom. The van der Waals surface area contributed by atoms with Crippen molar-refractivity contribution in [1.82, 2.24) is 14.7 Å². The van der Waals surface area contributed by atoms with Gasteiger partial charge in [-0.2, -0.15) is 5.10 Å². The van der Waals surface area contributed by atoms with Gasteiger partial charge in [-0.3, -0.25) is 9.48 Å². The quantitative estimate of drug-likeness (QED) is 0.867. The number of carbonyl (C=O) groups excluding carboxylic acids is 1. The molecule has 1 aliphatic heterocycles. The summed E-state index contributed by atoms with van der Waals surface area (Å²) in [4.78, 5) is 14.8. The molecule has 2 aromatic heterocycles. The Morgan fingerprint density at radius 3 is 3.10 bits per heavy atom. The van der Waals surface area contributed by atoms with E-state index < -0.39 is 0 Å². The zero-order valence-corrected chi connectivity index (χ0v) is 12.4. The molecule has 112 valence electrons. The third-order valence-electron chi connectivity index (χ3n) is 4.01. The van der Waals surface area contributed by atoms with Crippen LogP contribution >= 0.6 is 0 Å². The molecule has 0 unspecified atom stereocenters. The van der Waals surface area contributed by atoms with Gasteiger partial charge in [-0.25, -0.2) is 0 Å². The van der Waals surface area contributed by atoms with E-state index in [0.717, 1.165) is 44.5 Å². The normalized spacial score (nSPS) is 18.9. The molecule has 3 rings (SSSR count). The molecule has 1 amide bonds. The molecule has 1 atom stereocenters. The number of rotatable bonds is 4. The lowest BCUT2D eigenvalue weighted by Crippen LogP contribution is -2.39. The van der Waals surface area contributed by atoms with E-state index in [1.165, 1.54) is 0 Å². The van der Waals surface area contributed by atoms with Gasteiger partial charge in [0.05, 0.1) is 12.3 Å². The first-order chi connectivity index (χ1) is 10.3. The van der Waals surface area contributed by atoms with Crippen LogP contribution in [0.25, 0.3) is 0 Å². The van der Waals surface area contributed by atoms with Crippen LogP contribution in [-0.4, -0.2) is 27.1 Å². The third kappa shape index (κ3) is 2.73. The molecule has 0 saturated carbocycles. The van der Waals surface area contributed by atoms with Crippen LogP contribution in [0, 0.1) is 0 Å². The molecule has 0 aromatic carbocycles. The van der Waals surface area contributed by atoms with Crippen LogP contribution < -0.4 is 0 Å². The van der Waals surface area contributed by atoms with E-state index in [4.69, 9.17) is 4.42 Å². The first kappa shape index (κ1) is 13.9. The van der Waals surface area contributed by atoms with E-state index in [2.05, 4.69) is 12.0 Å². The van der Waals surface area contributed by atoms with Crippen molar-refractivity contribution in [2.75, 3.05) is 6.54 Å². The summed E-state index contributed by atoms with van der Waals surface area (Å²) in [6.45, 7) is 3.64. The van der Waals surface area contributed by atoms with E-state index >= 15 is 0 Å². The van der Waals surface area contributed by atoms with Crippen LogP contribution in [0.1, 0.15) is 54.9 Å². The van der Waals surface area contributed by atoms with Crippen LogP contribution in [0.5, 0.6) is 0 Å². The molecule has 0 N–H and O–H groups in total. The fourth-order valence-corrected chi connectivity index (χ4v) is 3.00. The molecule has 0 bridgehead atoms. The number of hydrogen-bond acceptors (Lipinski definition) is 3. The van der Waals surface area contributed by atoms with Crippen molar-refractivity contribution in [2.24, 2.45) is 0 Å². The van der Waals surface area contributed by atoms with E-state index in [9.17, 15) is 4.79 Å². The summed E-state index contributed by atoms with van der Waals surface area (Å²) in [5, 5.41) is 4.26. The number of furan rings is 1. The molecular weight excluding hydrogens is 266 g/mol. The number of carbonyl (C=O) groups is 1. The summed E-state index contributed by atoms with van der Waals surface area (Å²) in [5.74, 6) is 0.937. The van der Waals surface area contributed by atoms with Gasteiger partial charge in [0.2, 0.25) is 0 Å². The van der Waals surface area contributed by atoms with Crippen molar-refractivity contribution < 1.29 is 9.21 Å². The molecular formula is C16H21N3O2. The predicted molar refractivity (Wildman–Crippen MR) is 78.9 cm³/mol. The first-order valence-electron chi connectivity index (χ1n) is 7.67. The summed E-state index contributed by atoms with van der Waals surface area (Å²) in [5.41, 5.74) is 0.676. The minimum atomic E-state index is 0.0474. The molecule has 0 radical (unpaired) electrons. The maximum Gasteiger partial charge on any atom is 0.272 e. The van der Waals surface area contributed by atoms with E-state index in [1.54, 1.807) is 17.1 Å². The highest BCUT2D eigenvalue weighted by molar-refractivity contribution is 5.92. The van der Waals surface area contributed by atoms with Crippen LogP contribution in [-0.2, 0) is 6.54 Å². The second-order valence-corrected chi connectivity index (χ2v) is 5.47. The molecule has 2 aromatic rings. The molecule has 5 nitrogen and oxygen atoms in total. The van der Waals surface area contributed by atoms with E-state index in [-0.39, 0.29) is 11.9 Å². The van der Waals surface area contributed by atoms with Crippen LogP contribution in [0.15, 0.2) is 35.1 Å². The van der Waals surface area contributed by atoms with Crippen LogP contribution in [0.4, 0.5) is 0 Å². The second-order valence-electron chi connectivity index (χ2n) is 5.47. The average molecular weight is 287 g/mol. The molecule has 21 heavy (non-hydrogen) atoms. The molecule has 1 saturated heterocycles. The largest absolute Gasteiger partial charge is 0.467 e. The molecule has 0 aliphatic carbocycles. The number of amides is 1. The summed E-state index contributed by atoms with van der Waals surface area (Å²) < 4.78 is 7.33. The van der Waals surface area contributed by atoms with Gasteiger partial charge in [0, 0.05) is 19.3 Å². The van der Waals surface area contributed by atoms with E-state index in [1.807, 2.05) is 23.1 Å². The SMILES string of the molecule is CCCn1nccc1C(=O)N1CCCC[C@H]1c1ccco1. The van der Waals surface area contributed by atoms with Gasteiger partial charge in [-0.15, -0.1) is 0 Å². The maximum absolute atomic E-state index is 12.9. The van der Waals surface area contributed by atoms with Gasteiger partial charge in [-0.1, -0.05) is 6.92 Å². The lowest BCUT2D eigenvalue weighted by atomic mass is 9.99. The number of piperidine rings is 1. The average Bonchev–Trinajstić information content (AvgIpc) is 3.18. The van der Waals surface area contributed by atoms with Crippen LogP contribution in [0.2, 0.25) is 0 Å². The van der Waals surface area contributed by atoms with Crippen molar-refractivity contribution in [2.45, 2.75) is 45.2 Å². The van der Waals surface area contributed by atoms with Crippen LogP contribution in [0.3, 0.4) is 0 Å². The second kappa shape index (κ2) is 6.16. The van der Waals surface area contributed by atoms with Gasteiger partial charge in [0.15, 0.2) is 0 Å². The molecule has 1 aliphatic rings. The van der Waals surface area contributed by atoms with Gasteiger partial charge in [-0.05, 0) is 43.9 Å². The molecule has 1 fully saturated rings. The minimum absolute atomic E-state index is 0.0474. The lowest BCUT2D eigenvalue weighted by molar-refractivity contribution is 0.0567. The fourth-order valence-electron chi connectivity index (χ4n) is 3.00. The van der Waals surface area contributed by atoms with Crippen molar-refractivity contribution in [3.63, 3.8) is 0 Å². The smallest absolute Gasteiger partial charge is 0.272 e. The van der Waals surface area contributed by atoms with Gasteiger partial charge in [0.25, 0.3) is 5.91 Å². The van der Waals surface area contributed by atoms with Crippen molar-refractivity contribution >= 4 is 5.91 Å². The Balaban J connectivity index is 1.86. The number of nitrogens with zero attached hydrogens (tertiary/aromatic N) is 3. The minimum Gasteiger partial charge on any atom is -0.467 e. The monoisotopic (exact) mass is 287 g/mol. The van der Waals surface area contributed by atoms with Crippen molar-refractivity contribution in [3.05, 3.63) is 42.1 Å². The van der Waals surface area contributed by atoms with Gasteiger partial charge < -0.3 is 9.32 Å². The van der Waals surface area contributed by atoms with Gasteiger partial charge >= 0.3 is 0 Å². The summed E-state index contributed by atoms with van der Waals surface area (Å²) in [6.07, 6.45) is 7.47. The molecule has 3 heterocycles. The maximum atomic E-state index is 12.9. The Labute approximate surface area is 124 Å². The summed E-state index contributed by atoms with van der Waals surface area (Å²) >= 11 is 0. The highest BCUT2D eigenvalue weighted by atomic mass is 16.3. The van der Waals surface area contributed by atoms with Gasteiger partial charge in [0.1, 0.15) is 11.5 Å². The number of likely N-dealkylation sites (tertiary alicyclic amines) is 1. The summed E-state index contributed by atoms with van der Waals surface area (Å²) in [6, 6.07) is 5.70. The van der Waals surface area contributed by atoms with Crippen molar-refractivity contribution in [1.29, 1.82) is 0 Å². The molecule has 5 heteroatoms.